The highest BCUT2D eigenvalue weighted by molar-refractivity contribution is 4.98. The van der Waals surface area contributed by atoms with E-state index in [4.69, 9.17) is 4.52 Å². The van der Waals surface area contributed by atoms with Crippen molar-refractivity contribution < 1.29 is 4.52 Å². The molecule has 0 bridgehead atoms. The van der Waals surface area contributed by atoms with Crippen molar-refractivity contribution in [1.29, 1.82) is 0 Å². The predicted molar refractivity (Wildman–Crippen MR) is 81.0 cm³/mol. The molecule has 7 nitrogen and oxygen atoms in total. The fourth-order valence-corrected chi connectivity index (χ4v) is 2.86. The summed E-state index contributed by atoms with van der Waals surface area (Å²) in [4.78, 5) is 10.9. The SMILES string of the molecule is CC(C)(C)c1nc(CN2CCC[C@H](Cn3cncn3)C2)no1. The quantitative estimate of drug-likeness (QED) is 0.858. The number of nitrogens with zero attached hydrogens (tertiary/aromatic N) is 6. The molecular formula is C15H24N6O. The van der Waals surface area contributed by atoms with Gasteiger partial charge in [-0.25, -0.2) is 4.98 Å². The minimum Gasteiger partial charge on any atom is -0.339 e. The Balaban J connectivity index is 1.57. The lowest BCUT2D eigenvalue weighted by molar-refractivity contribution is 0.149. The molecule has 2 aromatic heterocycles. The third kappa shape index (κ3) is 3.71. The van der Waals surface area contributed by atoms with E-state index in [9.17, 15) is 0 Å². The van der Waals surface area contributed by atoms with Gasteiger partial charge in [-0.2, -0.15) is 10.1 Å². The number of hydrogen-bond donors (Lipinski definition) is 0. The number of likely N-dealkylation sites (tertiary alicyclic amines) is 1. The molecule has 1 saturated heterocycles. The molecule has 0 aromatic carbocycles. The van der Waals surface area contributed by atoms with Gasteiger partial charge in [0.15, 0.2) is 5.82 Å². The summed E-state index contributed by atoms with van der Waals surface area (Å²) in [7, 11) is 0. The van der Waals surface area contributed by atoms with Crippen LogP contribution in [0.3, 0.4) is 0 Å². The van der Waals surface area contributed by atoms with Gasteiger partial charge in [-0.05, 0) is 25.3 Å². The average molecular weight is 304 g/mol. The molecule has 0 saturated carbocycles. The molecular weight excluding hydrogens is 280 g/mol. The maximum absolute atomic E-state index is 5.37. The summed E-state index contributed by atoms with van der Waals surface area (Å²) >= 11 is 0. The van der Waals surface area contributed by atoms with Gasteiger partial charge in [0.2, 0.25) is 5.89 Å². The number of aromatic nitrogens is 5. The second-order valence-corrected chi connectivity index (χ2v) is 7.13. The molecule has 22 heavy (non-hydrogen) atoms. The third-order valence-electron chi connectivity index (χ3n) is 3.99. The Hall–Kier alpha value is -1.76. The molecule has 0 radical (unpaired) electrons. The van der Waals surface area contributed by atoms with Gasteiger partial charge in [0.05, 0.1) is 6.54 Å². The second kappa shape index (κ2) is 6.16. The molecule has 0 spiro atoms. The minimum atomic E-state index is -0.0945. The van der Waals surface area contributed by atoms with Crippen molar-refractivity contribution in [3.63, 3.8) is 0 Å². The topological polar surface area (TPSA) is 72.9 Å². The van der Waals surface area contributed by atoms with Crippen LogP contribution in [0.25, 0.3) is 0 Å². The Morgan fingerprint density at radius 1 is 1.36 bits per heavy atom. The zero-order valence-corrected chi connectivity index (χ0v) is 13.6. The highest BCUT2D eigenvalue weighted by atomic mass is 16.5. The van der Waals surface area contributed by atoms with E-state index in [1.165, 1.54) is 12.8 Å². The van der Waals surface area contributed by atoms with E-state index >= 15 is 0 Å². The third-order valence-corrected chi connectivity index (χ3v) is 3.99. The van der Waals surface area contributed by atoms with E-state index in [1.54, 1.807) is 12.7 Å². The lowest BCUT2D eigenvalue weighted by Crippen LogP contribution is -2.37. The molecule has 120 valence electrons. The van der Waals surface area contributed by atoms with Gasteiger partial charge in [0, 0.05) is 18.5 Å². The molecule has 7 heteroatoms. The first-order valence-electron chi connectivity index (χ1n) is 7.88. The van der Waals surface area contributed by atoms with E-state index in [-0.39, 0.29) is 5.41 Å². The van der Waals surface area contributed by atoms with Gasteiger partial charge < -0.3 is 4.52 Å². The molecule has 3 rings (SSSR count). The van der Waals surface area contributed by atoms with Crippen LogP contribution in [-0.4, -0.2) is 42.9 Å². The summed E-state index contributed by atoms with van der Waals surface area (Å²) in [6.45, 7) is 10.1. The number of piperidine rings is 1. The van der Waals surface area contributed by atoms with Crippen LogP contribution in [0, 0.1) is 5.92 Å². The largest absolute Gasteiger partial charge is 0.339 e. The highest BCUT2D eigenvalue weighted by Gasteiger charge is 2.25. The van der Waals surface area contributed by atoms with Crippen LogP contribution in [0.15, 0.2) is 17.2 Å². The van der Waals surface area contributed by atoms with Crippen molar-refractivity contribution in [2.75, 3.05) is 13.1 Å². The summed E-state index contributed by atoms with van der Waals surface area (Å²) in [5, 5.41) is 8.32. The first kappa shape index (κ1) is 15.1. The Kier molecular flexibility index (Phi) is 4.24. The van der Waals surface area contributed by atoms with Crippen molar-refractivity contribution in [3.05, 3.63) is 24.4 Å². The van der Waals surface area contributed by atoms with Crippen molar-refractivity contribution in [2.24, 2.45) is 5.92 Å². The molecule has 0 unspecified atom stereocenters. The molecule has 0 aliphatic carbocycles. The summed E-state index contributed by atoms with van der Waals surface area (Å²) in [5.41, 5.74) is -0.0945. The Morgan fingerprint density at radius 2 is 2.23 bits per heavy atom. The minimum absolute atomic E-state index is 0.0945. The molecule has 0 N–H and O–H groups in total. The summed E-state index contributed by atoms with van der Waals surface area (Å²) in [6, 6.07) is 0. The zero-order chi connectivity index (χ0) is 15.6. The fraction of sp³-hybridized carbons (Fsp3) is 0.733. The summed E-state index contributed by atoms with van der Waals surface area (Å²) in [6.07, 6.45) is 5.81. The maximum atomic E-state index is 5.37. The van der Waals surface area contributed by atoms with Gasteiger partial charge in [0.25, 0.3) is 0 Å². The maximum Gasteiger partial charge on any atom is 0.232 e. The van der Waals surface area contributed by atoms with Gasteiger partial charge in [-0.1, -0.05) is 25.9 Å². The lowest BCUT2D eigenvalue weighted by Gasteiger charge is -2.31. The first-order chi connectivity index (χ1) is 10.5. The number of rotatable bonds is 4. The number of hydrogen-bond acceptors (Lipinski definition) is 6. The van der Waals surface area contributed by atoms with Crippen molar-refractivity contribution >= 4 is 0 Å². The van der Waals surface area contributed by atoms with Gasteiger partial charge in [0.1, 0.15) is 12.7 Å². The Labute approximate surface area is 130 Å². The Bertz CT molecular complexity index is 585. The molecule has 3 heterocycles. The lowest BCUT2D eigenvalue weighted by atomic mass is 9.97. The molecule has 0 amide bonds. The van der Waals surface area contributed by atoms with Crippen LogP contribution >= 0.6 is 0 Å². The van der Waals surface area contributed by atoms with Gasteiger partial charge in [-0.3, -0.25) is 9.58 Å². The first-order valence-corrected chi connectivity index (χ1v) is 7.88. The molecule has 1 atom stereocenters. The predicted octanol–water partition coefficient (Wildman–Crippen LogP) is 1.87. The van der Waals surface area contributed by atoms with Gasteiger partial charge >= 0.3 is 0 Å². The van der Waals surface area contributed by atoms with Crippen LogP contribution in [0.1, 0.15) is 45.3 Å². The molecule has 2 aromatic rings. The summed E-state index contributed by atoms with van der Waals surface area (Å²) in [5.74, 6) is 2.09. The Morgan fingerprint density at radius 3 is 2.91 bits per heavy atom. The van der Waals surface area contributed by atoms with Crippen molar-refractivity contribution in [2.45, 2.75) is 52.1 Å². The monoisotopic (exact) mass is 304 g/mol. The molecule has 1 aliphatic heterocycles. The smallest absolute Gasteiger partial charge is 0.232 e. The van der Waals surface area contributed by atoms with Crippen LogP contribution in [0.4, 0.5) is 0 Å². The van der Waals surface area contributed by atoms with Gasteiger partial charge in [-0.15, -0.1) is 0 Å². The fourth-order valence-electron chi connectivity index (χ4n) is 2.86. The van der Waals surface area contributed by atoms with E-state index < -0.39 is 0 Å². The van der Waals surface area contributed by atoms with E-state index in [2.05, 4.69) is 45.9 Å². The molecule has 1 aliphatic rings. The normalized spacial score (nSPS) is 20.4. The van der Waals surface area contributed by atoms with Crippen LogP contribution in [0.2, 0.25) is 0 Å². The summed E-state index contributed by atoms with van der Waals surface area (Å²) < 4.78 is 7.29. The average Bonchev–Trinajstić information content (AvgIpc) is 3.10. The van der Waals surface area contributed by atoms with E-state index in [0.29, 0.717) is 11.8 Å². The van der Waals surface area contributed by atoms with E-state index in [0.717, 1.165) is 32.0 Å². The van der Waals surface area contributed by atoms with Crippen LogP contribution in [-0.2, 0) is 18.5 Å². The van der Waals surface area contributed by atoms with Crippen molar-refractivity contribution in [1.82, 2.24) is 29.8 Å². The second-order valence-electron chi connectivity index (χ2n) is 7.13. The van der Waals surface area contributed by atoms with Crippen LogP contribution < -0.4 is 0 Å². The molecule has 1 fully saturated rings. The van der Waals surface area contributed by atoms with Crippen LogP contribution in [0.5, 0.6) is 0 Å². The zero-order valence-electron chi connectivity index (χ0n) is 13.6. The standard InChI is InChI=1S/C15H24N6O/c1-15(2,3)14-18-13(19-22-14)9-20-6-4-5-12(7-20)8-21-11-16-10-17-21/h10-12H,4-9H2,1-3H3/t12-/m0/s1. The van der Waals surface area contributed by atoms with E-state index in [1.807, 2.05) is 4.68 Å². The van der Waals surface area contributed by atoms with Crippen molar-refractivity contribution in [3.8, 4) is 0 Å². The highest BCUT2D eigenvalue weighted by Crippen LogP contribution is 2.22.